The van der Waals surface area contributed by atoms with Gasteiger partial charge in [-0.15, -0.1) is 0 Å². The van der Waals surface area contributed by atoms with Gasteiger partial charge in [0.25, 0.3) is 5.91 Å². The van der Waals surface area contributed by atoms with Crippen molar-refractivity contribution in [1.29, 1.82) is 0 Å². The summed E-state index contributed by atoms with van der Waals surface area (Å²) in [6, 6.07) is 20.5. The number of aromatic nitrogens is 1. The lowest BCUT2D eigenvalue weighted by Crippen LogP contribution is -2.30. The van der Waals surface area contributed by atoms with Crippen molar-refractivity contribution in [3.63, 3.8) is 0 Å². The molecule has 0 saturated carbocycles. The summed E-state index contributed by atoms with van der Waals surface area (Å²) < 4.78 is 27.3. The molecule has 4 aromatic rings. The quantitative estimate of drug-likeness (QED) is 0.297. The summed E-state index contributed by atoms with van der Waals surface area (Å²) >= 11 is 12.7. The van der Waals surface area contributed by atoms with Crippen LogP contribution in [0.15, 0.2) is 77.7 Å². The molecule has 0 atom stereocenters. The normalized spacial score (nSPS) is 11.7. The molecule has 9 heteroatoms. The van der Waals surface area contributed by atoms with Crippen molar-refractivity contribution in [3.05, 3.63) is 88.4 Å². The third-order valence-corrected chi connectivity index (χ3v) is 8.34. The summed E-state index contributed by atoms with van der Waals surface area (Å²) in [5.41, 5.74) is 2.42. The number of nitrogens with zero attached hydrogens (tertiary/aromatic N) is 2. The molecule has 0 spiro atoms. The van der Waals surface area contributed by atoms with E-state index < -0.39 is 15.9 Å². The first-order valence-corrected chi connectivity index (χ1v) is 13.2. The van der Waals surface area contributed by atoms with Gasteiger partial charge in [0.2, 0.25) is 10.0 Å². The lowest BCUT2D eigenvalue weighted by atomic mass is 10.0. The topological polar surface area (TPSA) is 79.4 Å². The molecule has 3 aromatic carbocycles. The molecule has 0 aliphatic heterocycles. The van der Waals surface area contributed by atoms with Gasteiger partial charge in [-0.05, 0) is 36.4 Å². The minimum atomic E-state index is -3.72. The van der Waals surface area contributed by atoms with E-state index in [0.717, 1.165) is 0 Å². The molecule has 1 aromatic heterocycles. The molecule has 6 nitrogen and oxygen atoms in total. The minimum Gasteiger partial charge on any atom is -0.321 e. The van der Waals surface area contributed by atoms with E-state index in [1.165, 1.54) is 22.5 Å². The van der Waals surface area contributed by atoms with Crippen LogP contribution >= 0.6 is 23.2 Å². The summed E-state index contributed by atoms with van der Waals surface area (Å²) in [5.74, 6) is -0.448. The van der Waals surface area contributed by atoms with Gasteiger partial charge >= 0.3 is 0 Å². The lowest BCUT2D eigenvalue weighted by molar-refractivity contribution is 0.102. The fourth-order valence-corrected chi connectivity index (χ4v) is 5.72. The van der Waals surface area contributed by atoms with Crippen LogP contribution < -0.4 is 5.32 Å². The zero-order valence-corrected chi connectivity index (χ0v) is 21.5. The van der Waals surface area contributed by atoms with Gasteiger partial charge in [-0.3, -0.25) is 4.79 Å². The molecule has 0 unspecified atom stereocenters. The van der Waals surface area contributed by atoms with Gasteiger partial charge in [0.1, 0.15) is 0 Å². The molecule has 180 valence electrons. The molecule has 0 bridgehead atoms. The number of benzene rings is 3. The van der Waals surface area contributed by atoms with Crippen molar-refractivity contribution < 1.29 is 13.2 Å². The second kappa shape index (κ2) is 10.3. The average Bonchev–Trinajstić information content (AvgIpc) is 2.85. The zero-order chi connectivity index (χ0) is 25.2. The van der Waals surface area contributed by atoms with Crippen LogP contribution in [-0.2, 0) is 10.0 Å². The highest BCUT2D eigenvalue weighted by molar-refractivity contribution is 7.89. The summed E-state index contributed by atoms with van der Waals surface area (Å²) in [6.45, 7) is 4.20. The summed E-state index contributed by atoms with van der Waals surface area (Å²) in [5, 5.41) is 4.16. The predicted octanol–water partition coefficient (Wildman–Crippen LogP) is 6.49. The molecule has 35 heavy (non-hydrogen) atoms. The van der Waals surface area contributed by atoms with Crippen LogP contribution in [0.1, 0.15) is 24.2 Å². The maximum absolute atomic E-state index is 13.5. The number of pyridine rings is 1. The molecule has 1 N–H and O–H groups in total. The van der Waals surface area contributed by atoms with Crippen LogP contribution in [0.25, 0.3) is 22.2 Å². The van der Waals surface area contributed by atoms with Crippen molar-refractivity contribution in [3.8, 4) is 11.3 Å². The van der Waals surface area contributed by atoms with Gasteiger partial charge in [-0.1, -0.05) is 73.4 Å². The summed E-state index contributed by atoms with van der Waals surface area (Å²) in [4.78, 5) is 18.2. The lowest BCUT2D eigenvalue weighted by Gasteiger charge is -2.19. The van der Waals surface area contributed by atoms with Gasteiger partial charge in [0.15, 0.2) is 0 Å². The highest BCUT2D eigenvalue weighted by atomic mass is 35.5. The van der Waals surface area contributed by atoms with Crippen LogP contribution in [0.2, 0.25) is 10.0 Å². The summed E-state index contributed by atoms with van der Waals surface area (Å²) in [7, 11) is -3.72. The number of fused-ring (bicyclic) bond motifs is 1. The van der Waals surface area contributed by atoms with E-state index in [-0.39, 0.29) is 15.6 Å². The van der Waals surface area contributed by atoms with E-state index in [2.05, 4.69) is 10.3 Å². The molecule has 0 aliphatic rings. The van der Waals surface area contributed by atoms with Crippen LogP contribution in [0.3, 0.4) is 0 Å². The standard InChI is InChI=1S/C26H23Cl2N3O3S/c1-3-31(4-2)35(33,34)17-13-14-22(28)25(15-17)30-26(32)20-16-24(19-10-5-7-11-21(19)27)29-23-12-8-6-9-18(20)23/h5-16H,3-4H2,1-2H3,(H,30,32). The smallest absolute Gasteiger partial charge is 0.256 e. The van der Waals surface area contributed by atoms with Gasteiger partial charge in [0.05, 0.1) is 32.4 Å². The van der Waals surface area contributed by atoms with Crippen LogP contribution in [0, 0.1) is 0 Å². The molecule has 0 radical (unpaired) electrons. The minimum absolute atomic E-state index is 0.0530. The van der Waals surface area contributed by atoms with Gasteiger partial charge in [-0.25, -0.2) is 13.4 Å². The molecule has 1 amide bonds. The molecular formula is C26H23Cl2N3O3S. The van der Waals surface area contributed by atoms with E-state index in [4.69, 9.17) is 23.2 Å². The van der Waals surface area contributed by atoms with E-state index in [0.29, 0.717) is 45.8 Å². The van der Waals surface area contributed by atoms with Gasteiger partial charge in [-0.2, -0.15) is 4.31 Å². The predicted molar refractivity (Wildman–Crippen MR) is 142 cm³/mol. The van der Waals surface area contributed by atoms with E-state index in [1.54, 1.807) is 32.0 Å². The van der Waals surface area contributed by atoms with Gasteiger partial charge < -0.3 is 5.32 Å². The monoisotopic (exact) mass is 527 g/mol. The van der Waals surface area contributed by atoms with Crippen molar-refractivity contribution >= 4 is 55.7 Å². The number of para-hydroxylation sites is 1. The highest BCUT2D eigenvalue weighted by Gasteiger charge is 2.23. The zero-order valence-electron chi connectivity index (χ0n) is 19.1. The number of hydrogen-bond acceptors (Lipinski definition) is 4. The molecular weight excluding hydrogens is 505 g/mol. The maximum Gasteiger partial charge on any atom is 0.256 e. The number of halogens is 2. The van der Waals surface area contributed by atoms with Crippen LogP contribution in [-0.4, -0.2) is 36.7 Å². The fraction of sp³-hybridized carbons (Fsp3) is 0.154. The summed E-state index contributed by atoms with van der Waals surface area (Å²) in [6.07, 6.45) is 0. The Morgan fingerprint density at radius 1 is 0.914 bits per heavy atom. The molecule has 0 fully saturated rings. The Bertz CT molecular complexity index is 1520. The Kier molecular flexibility index (Phi) is 7.42. The van der Waals surface area contributed by atoms with Crippen LogP contribution in [0.4, 0.5) is 5.69 Å². The Morgan fingerprint density at radius 3 is 2.31 bits per heavy atom. The molecule has 4 rings (SSSR count). The average molecular weight is 528 g/mol. The number of carbonyl (C=O) groups is 1. The Hall–Kier alpha value is -2.97. The number of rotatable bonds is 7. The van der Waals surface area contributed by atoms with E-state index in [9.17, 15) is 13.2 Å². The number of amides is 1. The van der Waals surface area contributed by atoms with Crippen molar-refractivity contribution in [1.82, 2.24) is 9.29 Å². The van der Waals surface area contributed by atoms with Crippen LogP contribution in [0.5, 0.6) is 0 Å². The highest BCUT2D eigenvalue weighted by Crippen LogP contribution is 2.31. The second-order valence-electron chi connectivity index (χ2n) is 7.74. The van der Waals surface area contributed by atoms with Gasteiger partial charge in [0, 0.05) is 29.1 Å². The molecule has 0 saturated heterocycles. The second-order valence-corrected chi connectivity index (χ2v) is 10.5. The Balaban J connectivity index is 1.78. The number of carbonyl (C=O) groups excluding carboxylic acids is 1. The third-order valence-electron chi connectivity index (χ3n) is 5.64. The number of anilines is 1. The van der Waals surface area contributed by atoms with Crippen molar-refractivity contribution in [2.45, 2.75) is 18.7 Å². The number of sulfonamides is 1. The Labute approximate surface area is 214 Å². The van der Waals surface area contributed by atoms with E-state index >= 15 is 0 Å². The van der Waals surface area contributed by atoms with E-state index in [1.807, 2.05) is 36.4 Å². The van der Waals surface area contributed by atoms with Crippen molar-refractivity contribution in [2.75, 3.05) is 18.4 Å². The third kappa shape index (κ3) is 5.04. The maximum atomic E-state index is 13.5. The first-order valence-electron chi connectivity index (χ1n) is 11.0. The molecule has 0 aliphatic carbocycles. The molecule has 1 heterocycles. The van der Waals surface area contributed by atoms with Crippen molar-refractivity contribution in [2.24, 2.45) is 0 Å². The number of hydrogen-bond donors (Lipinski definition) is 1. The first kappa shape index (κ1) is 25.1. The Morgan fingerprint density at radius 2 is 1.60 bits per heavy atom. The number of nitrogens with one attached hydrogen (secondary N) is 1. The SMILES string of the molecule is CCN(CC)S(=O)(=O)c1ccc(Cl)c(NC(=O)c2cc(-c3ccccc3Cl)nc3ccccc23)c1. The fourth-order valence-electron chi connectivity index (χ4n) is 3.83. The first-order chi connectivity index (χ1) is 16.8. The largest absolute Gasteiger partial charge is 0.321 e.